The lowest BCUT2D eigenvalue weighted by Gasteiger charge is -2.37. The van der Waals surface area contributed by atoms with Crippen LogP contribution >= 0.6 is 15.9 Å². The van der Waals surface area contributed by atoms with E-state index < -0.39 is 23.3 Å². The molecule has 1 atom stereocenters. The lowest BCUT2D eigenvalue weighted by Crippen LogP contribution is -2.53. The first-order chi connectivity index (χ1) is 10.6. The van der Waals surface area contributed by atoms with E-state index in [-0.39, 0.29) is 6.54 Å². The molecule has 0 bridgehead atoms. The summed E-state index contributed by atoms with van der Waals surface area (Å²) in [4.78, 5) is 12.4. The molecule has 0 saturated carbocycles. The second kappa shape index (κ2) is 6.43. The van der Waals surface area contributed by atoms with Crippen molar-refractivity contribution >= 4 is 21.7 Å². The Morgan fingerprint density at radius 3 is 2.57 bits per heavy atom. The highest BCUT2D eigenvalue weighted by molar-refractivity contribution is 9.10. The van der Waals surface area contributed by atoms with Crippen LogP contribution in [0.25, 0.3) is 0 Å². The number of hydrogen-bond acceptors (Lipinski definition) is 3. The molecular weight excluding hydrogens is 375 g/mol. The van der Waals surface area contributed by atoms with Crippen molar-refractivity contribution in [1.29, 1.82) is 0 Å². The van der Waals surface area contributed by atoms with E-state index in [0.29, 0.717) is 34.3 Å². The number of halogens is 4. The molecule has 0 amide bonds. The van der Waals surface area contributed by atoms with Gasteiger partial charge in [0.2, 0.25) is 5.78 Å². The van der Waals surface area contributed by atoms with Gasteiger partial charge >= 0.3 is 6.18 Å². The fourth-order valence-corrected chi connectivity index (χ4v) is 3.72. The first-order valence-electron chi connectivity index (χ1n) is 7.33. The Morgan fingerprint density at radius 1 is 1.39 bits per heavy atom. The van der Waals surface area contributed by atoms with Gasteiger partial charge in [-0.2, -0.15) is 13.2 Å². The predicted octanol–water partition coefficient (Wildman–Crippen LogP) is 3.63. The quantitative estimate of drug-likeness (QED) is 0.851. The van der Waals surface area contributed by atoms with E-state index in [1.165, 1.54) is 7.11 Å². The summed E-state index contributed by atoms with van der Waals surface area (Å²) < 4.78 is 45.7. The van der Waals surface area contributed by atoms with Gasteiger partial charge in [-0.15, -0.1) is 0 Å². The van der Waals surface area contributed by atoms with E-state index in [2.05, 4.69) is 21.2 Å². The first-order valence-corrected chi connectivity index (χ1v) is 8.13. The second-order valence-corrected chi connectivity index (χ2v) is 6.88. The summed E-state index contributed by atoms with van der Waals surface area (Å²) in [5, 5.41) is 3.00. The molecule has 0 saturated heterocycles. The van der Waals surface area contributed by atoms with Crippen LogP contribution in [0.3, 0.4) is 0 Å². The van der Waals surface area contributed by atoms with Crippen molar-refractivity contribution in [3.8, 4) is 5.75 Å². The van der Waals surface area contributed by atoms with Crippen LogP contribution in [0, 0.1) is 5.92 Å². The number of Topliss-reactive ketones (excluding diaryl/α,β-unsaturated/α-hetero) is 1. The monoisotopic (exact) mass is 393 g/mol. The molecule has 0 fully saturated rings. The number of nitrogens with one attached hydrogen (secondary N) is 1. The van der Waals surface area contributed by atoms with Crippen molar-refractivity contribution in [2.75, 3.05) is 20.2 Å². The molecule has 128 valence electrons. The van der Waals surface area contributed by atoms with Crippen molar-refractivity contribution in [3.63, 3.8) is 0 Å². The molecule has 0 radical (unpaired) electrons. The number of benzene rings is 1. The normalized spacial score (nSPS) is 21.7. The van der Waals surface area contributed by atoms with Gasteiger partial charge in [-0.25, -0.2) is 0 Å². The van der Waals surface area contributed by atoms with Crippen LogP contribution in [-0.4, -0.2) is 32.2 Å². The van der Waals surface area contributed by atoms with Gasteiger partial charge in [-0.3, -0.25) is 4.79 Å². The van der Waals surface area contributed by atoms with Gasteiger partial charge in [0.1, 0.15) is 5.75 Å². The third-order valence-electron chi connectivity index (χ3n) is 4.48. The maximum Gasteiger partial charge on any atom is 0.450 e. The molecule has 1 aliphatic rings. The largest absolute Gasteiger partial charge is 0.496 e. The molecule has 7 heteroatoms. The summed E-state index contributed by atoms with van der Waals surface area (Å²) in [6, 6.07) is 3.32. The van der Waals surface area contributed by atoms with Gasteiger partial charge < -0.3 is 10.1 Å². The fraction of sp³-hybridized carbons (Fsp3) is 0.562. The number of ether oxygens (including phenoxy) is 1. The van der Waals surface area contributed by atoms with Gasteiger partial charge in [0.15, 0.2) is 0 Å². The van der Waals surface area contributed by atoms with Crippen molar-refractivity contribution < 1.29 is 22.7 Å². The molecule has 3 nitrogen and oxygen atoms in total. The Kier molecular flexibility index (Phi) is 5.11. The Balaban J connectivity index is 2.75. The number of carbonyl (C=O) groups excluding carboxylic acids is 1. The third kappa shape index (κ3) is 3.13. The topological polar surface area (TPSA) is 38.3 Å². The Morgan fingerprint density at radius 2 is 2.04 bits per heavy atom. The van der Waals surface area contributed by atoms with Crippen LogP contribution in [0.1, 0.15) is 25.0 Å². The predicted molar refractivity (Wildman–Crippen MR) is 84.8 cm³/mol. The molecule has 1 heterocycles. The van der Waals surface area contributed by atoms with E-state index in [1.54, 1.807) is 26.0 Å². The molecule has 0 spiro atoms. The minimum atomic E-state index is -4.89. The SMILES string of the molecule is COc1cc2c(cc1Br)C(C(=O)C(F)(F)F)(C(C)C)CNCC2. The summed E-state index contributed by atoms with van der Waals surface area (Å²) in [6.07, 6.45) is -4.35. The molecule has 1 aliphatic heterocycles. The number of methoxy groups -OCH3 is 1. The average Bonchev–Trinajstić information content (AvgIpc) is 2.64. The minimum Gasteiger partial charge on any atom is -0.496 e. The summed E-state index contributed by atoms with van der Waals surface area (Å²) in [6.45, 7) is 3.78. The highest BCUT2D eigenvalue weighted by Gasteiger charge is 2.56. The Bertz CT molecular complexity index is 616. The van der Waals surface area contributed by atoms with E-state index in [4.69, 9.17) is 4.74 Å². The summed E-state index contributed by atoms with van der Waals surface area (Å²) in [5.74, 6) is -1.67. The van der Waals surface area contributed by atoms with Gasteiger partial charge in [-0.05, 0) is 58.1 Å². The third-order valence-corrected chi connectivity index (χ3v) is 5.10. The zero-order valence-corrected chi connectivity index (χ0v) is 14.8. The first kappa shape index (κ1) is 18.3. The minimum absolute atomic E-state index is 0.0330. The van der Waals surface area contributed by atoms with Gasteiger partial charge in [0, 0.05) is 6.54 Å². The molecule has 1 N–H and O–H groups in total. The highest BCUT2D eigenvalue weighted by atomic mass is 79.9. The lowest BCUT2D eigenvalue weighted by atomic mass is 9.67. The van der Waals surface area contributed by atoms with Crippen molar-refractivity contribution in [2.45, 2.75) is 31.9 Å². The smallest absolute Gasteiger partial charge is 0.450 e. The van der Waals surface area contributed by atoms with Crippen LogP contribution in [0.15, 0.2) is 16.6 Å². The number of rotatable bonds is 3. The van der Waals surface area contributed by atoms with Gasteiger partial charge in [0.05, 0.1) is 17.0 Å². The number of carbonyl (C=O) groups is 1. The zero-order valence-electron chi connectivity index (χ0n) is 13.2. The number of alkyl halides is 3. The molecule has 1 aromatic carbocycles. The zero-order chi connectivity index (χ0) is 17.4. The number of fused-ring (bicyclic) bond motifs is 1. The molecule has 1 unspecified atom stereocenters. The van der Waals surface area contributed by atoms with Crippen LogP contribution < -0.4 is 10.1 Å². The van der Waals surface area contributed by atoms with E-state index >= 15 is 0 Å². The maximum absolute atomic E-state index is 13.3. The van der Waals surface area contributed by atoms with E-state index in [9.17, 15) is 18.0 Å². The molecule has 1 aromatic rings. The van der Waals surface area contributed by atoms with Gasteiger partial charge in [-0.1, -0.05) is 13.8 Å². The maximum atomic E-state index is 13.3. The van der Waals surface area contributed by atoms with Crippen molar-refractivity contribution in [2.24, 2.45) is 5.92 Å². The molecule has 0 aliphatic carbocycles. The second-order valence-electron chi connectivity index (χ2n) is 6.02. The van der Waals surface area contributed by atoms with Crippen LogP contribution in [0.5, 0.6) is 5.75 Å². The van der Waals surface area contributed by atoms with Crippen LogP contribution in [-0.2, 0) is 16.6 Å². The summed E-state index contributed by atoms with van der Waals surface area (Å²) in [5.41, 5.74) is -0.507. The lowest BCUT2D eigenvalue weighted by molar-refractivity contribution is -0.179. The number of hydrogen-bond donors (Lipinski definition) is 1. The molecule has 2 rings (SSSR count). The van der Waals surface area contributed by atoms with Crippen LogP contribution in [0.4, 0.5) is 13.2 Å². The van der Waals surface area contributed by atoms with Crippen LogP contribution in [0.2, 0.25) is 0 Å². The van der Waals surface area contributed by atoms with E-state index in [0.717, 1.165) is 0 Å². The van der Waals surface area contributed by atoms with Crippen molar-refractivity contribution in [3.05, 3.63) is 27.7 Å². The molecule has 23 heavy (non-hydrogen) atoms. The van der Waals surface area contributed by atoms with Crippen molar-refractivity contribution in [1.82, 2.24) is 5.32 Å². The molecule has 0 aromatic heterocycles. The summed E-state index contributed by atoms with van der Waals surface area (Å²) >= 11 is 3.32. The van der Waals surface area contributed by atoms with E-state index in [1.807, 2.05) is 0 Å². The Labute approximate surface area is 141 Å². The highest BCUT2D eigenvalue weighted by Crippen LogP contribution is 2.44. The standard InChI is InChI=1S/C16H19BrF3NO2/c1-9(2)15(14(22)16(18,19)20)8-21-5-4-10-6-13(23-3)12(17)7-11(10)15/h6-7,9,21H,4-5,8H2,1-3H3. The average molecular weight is 394 g/mol. The Hall–Kier alpha value is -1.08. The fourth-order valence-electron chi connectivity index (χ4n) is 3.21. The van der Waals surface area contributed by atoms with Gasteiger partial charge in [0.25, 0.3) is 0 Å². The summed E-state index contributed by atoms with van der Waals surface area (Å²) in [7, 11) is 1.50. The molecular formula is C16H19BrF3NO2. The number of ketones is 1.